The van der Waals surface area contributed by atoms with Crippen LogP contribution in [0.2, 0.25) is 0 Å². The SMILES string of the molecule is CNC(=O)c1ccc(C)cc1I. The Morgan fingerprint density at radius 3 is 2.67 bits per heavy atom. The highest BCUT2D eigenvalue weighted by molar-refractivity contribution is 14.1. The lowest BCUT2D eigenvalue weighted by Crippen LogP contribution is -2.18. The summed E-state index contributed by atoms with van der Waals surface area (Å²) >= 11 is 2.16. The van der Waals surface area contributed by atoms with Crippen LogP contribution in [0.15, 0.2) is 18.2 Å². The normalized spacial score (nSPS) is 9.58. The molecule has 0 aliphatic rings. The number of rotatable bonds is 1. The van der Waals surface area contributed by atoms with E-state index in [0.29, 0.717) is 0 Å². The molecule has 12 heavy (non-hydrogen) atoms. The molecule has 0 spiro atoms. The first kappa shape index (κ1) is 9.51. The van der Waals surface area contributed by atoms with E-state index in [1.165, 1.54) is 5.56 Å². The molecule has 0 radical (unpaired) electrons. The van der Waals surface area contributed by atoms with Crippen LogP contribution >= 0.6 is 22.6 Å². The van der Waals surface area contributed by atoms with Crippen LogP contribution in [0.1, 0.15) is 15.9 Å². The maximum atomic E-state index is 11.2. The third-order valence-corrected chi connectivity index (χ3v) is 2.49. The molecule has 0 aromatic heterocycles. The van der Waals surface area contributed by atoms with Gasteiger partial charge in [0.1, 0.15) is 0 Å². The summed E-state index contributed by atoms with van der Waals surface area (Å²) in [5.41, 5.74) is 1.91. The van der Waals surface area contributed by atoms with Crippen molar-refractivity contribution < 1.29 is 4.79 Å². The molecule has 0 heterocycles. The van der Waals surface area contributed by atoms with Crippen molar-refractivity contribution in [2.45, 2.75) is 6.92 Å². The van der Waals surface area contributed by atoms with E-state index in [2.05, 4.69) is 27.9 Å². The van der Waals surface area contributed by atoms with Gasteiger partial charge in [-0.2, -0.15) is 0 Å². The Morgan fingerprint density at radius 1 is 1.50 bits per heavy atom. The lowest BCUT2D eigenvalue weighted by atomic mass is 10.1. The third kappa shape index (κ3) is 1.97. The maximum absolute atomic E-state index is 11.2. The number of amides is 1. The zero-order chi connectivity index (χ0) is 9.14. The Morgan fingerprint density at radius 2 is 2.17 bits per heavy atom. The van der Waals surface area contributed by atoms with Crippen LogP contribution in [0.3, 0.4) is 0 Å². The van der Waals surface area contributed by atoms with E-state index in [4.69, 9.17) is 0 Å². The molecule has 64 valence electrons. The summed E-state index contributed by atoms with van der Waals surface area (Å²) in [7, 11) is 1.64. The maximum Gasteiger partial charge on any atom is 0.252 e. The Kier molecular flexibility index (Phi) is 3.08. The van der Waals surface area contributed by atoms with Gasteiger partial charge in [0.25, 0.3) is 5.91 Å². The first-order valence-corrected chi connectivity index (χ1v) is 4.71. The summed E-state index contributed by atoms with van der Waals surface area (Å²) in [6.45, 7) is 2.01. The lowest BCUT2D eigenvalue weighted by molar-refractivity contribution is 0.0962. The average molecular weight is 275 g/mol. The van der Waals surface area contributed by atoms with E-state index in [0.717, 1.165) is 9.13 Å². The highest BCUT2D eigenvalue weighted by Gasteiger charge is 2.06. The Hall–Kier alpha value is -0.580. The van der Waals surface area contributed by atoms with E-state index in [9.17, 15) is 4.79 Å². The number of benzene rings is 1. The van der Waals surface area contributed by atoms with E-state index in [1.807, 2.05) is 25.1 Å². The molecule has 0 aliphatic carbocycles. The molecule has 0 saturated carbocycles. The number of hydrogen-bond donors (Lipinski definition) is 1. The van der Waals surface area contributed by atoms with Gasteiger partial charge in [-0.15, -0.1) is 0 Å². The molecule has 0 saturated heterocycles. The highest BCUT2D eigenvalue weighted by Crippen LogP contribution is 2.13. The summed E-state index contributed by atoms with van der Waals surface area (Å²) in [5, 5.41) is 2.60. The van der Waals surface area contributed by atoms with E-state index >= 15 is 0 Å². The summed E-state index contributed by atoms with van der Waals surface area (Å²) in [4.78, 5) is 11.2. The second-order valence-corrected chi connectivity index (χ2v) is 3.72. The molecular weight excluding hydrogens is 265 g/mol. The van der Waals surface area contributed by atoms with Crippen LogP contribution in [-0.2, 0) is 0 Å². The molecule has 0 bridgehead atoms. The molecule has 0 aliphatic heterocycles. The van der Waals surface area contributed by atoms with E-state index < -0.39 is 0 Å². The smallest absolute Gasteiger partial charge is 0.252 e. The largest absolute Gasteiger partial charge is 0.355 e. The number of halogens is 1. The number of nitrogens with one attached hydrogen (secondary N) is 1. The van der Waals surface area contributed by atoms with Crippen LogP contribution in [0.4, 0.5) is 0 Å². The van der Waals surface area contributed by atoms with Gasteiger partial charge >= 0.3 is 0 Å². The van der Waals surface area contributed by atoms with Gasteiger partial charge in [0.05, 0.1) is 5.56 Å². The molecule has 1 N–H and O–H groups in total. The van der Waals surface area contributed by atoms with Crippen LogP contribution in [0, 0.1) is 10.5 Å². The summed E-state index contributed by atoms with van der Waals surface area (Å²) < 4.78 is 0.993. The van der Waals surface area contributed by atoms with Gasteiger partial charge in [-0.3, -0.25) is 4.79 Å². The number of carbonyl (C=O) groups excluding carboxylic acids is 1. The fourth-order valence-electron chi connectivity index (χ4n) is 0.939. The van der Waals surface area contributed by atoms with E-state index in [-0.39, 0.29) is 5.91 Å². The summed E-state index contributed by atoms with van der Waals surface area (Å²) in [5.74, 6) is -0.0283. The Bertz CT molecular complexity index is 309. The van der Waals surface area contributed by atoms with Gasteiger partial charge in [0, 0.05) is 10.6 Å². The molecule has 2 nitrogen and oxygen atoms in total. The van der Waals surface area contributed by atoms with Crippen molar-refractivity contribution >= 4 is 28.5 Å². The predicted molar refractivity (Wildman–Crippen MR) is 57.3 cm³/mol. The molecule has 1 amide bonds. The van der Waals surface area contributed by atoms with Crippen molar-refractivity contribution in [3.63, 3.8) is 0 Å². The highest BCUT2D eigenvalue weighted by atomic mass is 127. The Labute approximate surface area is 85.5 Å². The van der Waals surface area contributed by atoms with Crippen LogP contribution < -0.4 is 5.32 Å². The second-order valence-electron chi connectivity index (χ2n) is 2.56. The number of hydrogen-bond acceptors (Lipinski definition) is 1. The van der Waals surface area contributed by atoms with Gasteiger partial charge in [0.15, 0.2) is 0 Å². The minimum absolute atomic E-state index is 0.0283. The van der Waals surface area contributed by atoms with Crippen LogP contribution in [0.5, 0.6) is 0 Å². The quantitative estimate of drug-likeness (QED) is 0.780. The zero-order valence-electron chi connectivity index (χ0n) is 7.02. The number of aryl methyl sites for hydroxylation is 1. The van der Waals surface area contributed by atoms with Gasteiger partial charge in [-0.05, 0) is 41.6 Å². The van der Waals surface area contributed by atoms with E-state index in [1.54, 1.807) is 7.05 Å². The van der Waals surface area contributed by atoms with Crippen molar-refractivity contribution in [3.05, 3.63) is 32.9 Å². The van der Waals surface area contributed by atoms with Crippen LogP contribution in [0.25, 0.3) is 0 Å². The zero-order valence-corrected chi connectivity index (χ0v) is 9.18. The number of carbonyl (C=O) groups is 1. The van der Waals surface area contributed by atoms with Crippen LogP contribution in [-0.4, -0.2) is 13.0 Å². The molecule has 3 heteroatoms. The van der Waals surface area contributed by atoms with Gasteiger partial charge in [0.2, 0.25) is 0 Å². The molecule has 0 atom stereocenters. The summed E-state index contributed by atoms with van der Waals surface area (Å²) in [6, 6.07) is 5.77. The molecule has 0 unspecified atom stereocenters. The topological polar surface area (TPSA) is 29.1 Å². The minimum Gasteiger partial charge on any atom is -0.355 e. The van der Waals surface area contributed by atoms with Gasteiger partial charge < -0.3 is 5.32 Å². The first-order chi connectivity index (χ1) is 5.65. The van der Waals surface area contributed by atoms with Crippen molar-refractivity contribution in [2.75, 3.05) is 7.05 Å². The van der Waals surface area contributed by atoms with Crippen molar-refractivity contribution in [1.29, 1.82) is 0 Å². The molecular formula is C9H10INO. The average Bonchev–Trinajstić information content (AvgIpc) is 2.03. The minimum atomic E-state index is -0.0283. The monoisotopic (exact) mass is 275 g/mol. The predicted octanol–water partition coefficient (Wildman–Crippen LogP) is 1.96. The molecule has 0 fully saturated rings. The third-order valence-electron chi connectivity index (χ3n) is 1.60. The van der Waals surface area contributed by atoms with Crippen molar-refractivity contribution in [2.24, 2.45) is 0 Å². The lowest BCUT2D eigenvalue weighted by Gasteiger charge is -2.02. The first-order valence-electron chi connectivity index (χ1n) is 3.63. The Balaban J connectivity index is 3.09. The van der Waals surface area contributed by atoms with Crippen molar-refractivity contribution in [1.82, 2.24) is 5.32 Å². The summed E-state index contributed by atoms with van der Waals surface area (Å²) in [6.07, 6.45) is 0. The van der Waals surface area contributed by atoms with Gasteiger partial charge in [-0.1, -0.05) is 11.6 Å². The van der Waals surface area contributed by atoms with Gasteiger partial charge in [-0.25, -0.2) is 0 Å². The molecule has 1 aromatic rings. The fourth-order valence-corrected chi connectivity index (χ4v) is 1.85. The molecule has 1 rings (SSSR count). The second kappa shape index (κ2) is 3.89. The fraction of sp³-hybridized carbons (Fsp3) is 0.222. The standard InChI is InChI=1S/C9H10INO/c1-6-3-4-7(8(10)5-6)9(12)11-2/h3-5H,1-2H3,(H,11,12). The van der Waals surface area contributed by atoms with Crippen molar-refractivity contribution in [3.8, 4) is 0 Å². The molecule has 1 aromatic carbocycles.